The standard InChI is InChI=1S/C23H24O7/c1-23(2)29-18-13-17(28-22(18)30-23)19(27-21(25)16-11-7-4-8-12-16)14-26-20(24)15-9-5-3-6-10-15/h3-12,17-19,22H,13-14H2,1-2H3/t17-,18+,19+,22+/m0/s1. The van der Waals surface area contributed by atoms with Gasteiger partial charge in [0, 0.05) is 6.42 Å². The van der Waals surface area contributed by atoms with Gasteiger partial charge in [0.15, 0.2) is 18.2 Å². The van der Waals surface area contributed by atoms with Crippen molar-refractivity contribution in [1.29, 1.82) is 0 Å². The first kappa shape index (κ1) is 20.5. The highest BCUT2D eigenvalue weighted by Gasteiger charge is 2.51. The largest absolute Gasteiger partial charge is 0.458 e. The highest BCUT2D eigenvalue weighted by Crippen LogP contribution is 2.38. The number of hydrogen-bond donors (Lipinski definition) is 0. The third-order valence-corrected chi connectivity index (χ3v) is 4.98. The molecule has 0 spiro atoms. The predicted octanol–water partition coefficient (Wildman–Crippen LogP) is 3.34. The van der Waals surface area contributed by atoms with E-state index >= 15 is 0 Å². The molecule has 2 saturated heterocycles. The molecule has 158 valence electrons. The lowest BCUT2D eigenvalue weighted by molar-refractivity contribution is -0.215. The van der Waals surface area contributed by atoms with Crippen molar-refractivity contribution < 1.29 is 33.3 Å². The molecule has 7 heteroatoms. The van der Waals surface area contributed by atoms with E-state index in [1.807, 2.05) is 26.0 Å². The van der Waals surface area contributed by atoms with Crippen LogP contribution >= 0.6 is 0 Å². The Balaban J connectivity index is 1.44. The maximum Gasteiger partial charge on any atom is 0.338 e. The molecule has 0 unspecified atom stereocenters. The molecule has 2 aliphatic heterocycles. The lowest BCUT2D eigenvalue weighted by atomic mass is 10.1. The molecule has 2 heterocycles. The van der Waals surface area contributed by atoms with Crippen molar-refractivity contribution in [2.75, 3.05) is 6.61 Å². The van der Waals surface area contributed by atoms with Crippen LogP contribution < -0.4 is 0 Å². The Kier molecular flexibility index (Phi) is 5.85. The summed E-state index contributed by atoms with van der Waals surface area (Å²) < 4.78 is 28.6. The van der Waals surface area contributed by atoms with Gasteiger partial charge in [-0.3, -0.25) is 0 Å². The average molecular weight is 412 g/mol. The van der Waals surface area contributed by atoms with Crippen LogP contribution in [0.1, 0.15) is 41.0 Å². The van der Waals surface area contributed by atoms with Crippen molar-refractivity contribution in [3.8, 4) is 0 Å². The van der Waals surface area contributed by atoms with Crippen molar-refractivity contribution in [3.05, 3.63) is 71.8 Å². The molecule has 0 saturated carbocycles. The van der Waals surface area contributed by atoms with Gasteiger partial charge >= 0.3 is 11.9 Å². The second-order valence-electron chi connectivity index (χ2n) is 7.73. The minimum Gasteiger partial charge on any atom is -0.458 e. The van der Waals surface area contributed by atoms with Gasteiger partial charge in [0.1, 0.15) is 18.8 Å². The zero-order chi connectivity index (χ0) is 21.1. The zero-order valence-corrected chi connectivity index (χ0v) is 16.9. The molecule has 7 nitrogen and oxygen atoms in total. The third kappa shape index (κ3) is 4.70. The number of hydrogen-bond acceptors (Lipinski definition) is 7. The highest BCUT2D eigenvalue weighted by atomic mass is 16.8. The molecule has 0 aliphatic carbocycles. The van der Waals surface area contributed by atoms with Gasteiger partial charge in [0.05, 0.1) is 11.1 Å². The van der Waals surface area contributed by atoms with Gasteiger partial charge < -0.3 is 23.7 Å². The molecule has 4 atom stereocenters. The third-order valence-electron chi connectivity index (χ3n) is 4.98. The second-order valence-corrected chi connectivity index (χ2v) is 7.73. The first-order valence-corrected chi connectivity index (χ1v) is 9.90. The van der Waals surface area contributed by atoms with Gasteiger partial charge in [-0.2, -0.15) is 0 Å². The molecule has 0 aromatic heterocycles. The van der Waals surface area contributed by atoms with Gasteiger partial charge in [-0.05, 0) is 38.1 Å². The van der Waals surface area contributed by atoms with E-state index < -0.39 is 36.2 Å². The van der Waals surface area contributed by atoms with Crippen LogP contribution in [-0.4, -0.2) is 48.9 Å². The molecule has 0 bridgehead atoms. The van der Waals surface area contributed by atoms with Gasteiger partial charge in [-0.15, -0.1) is 0 Å². The number of carbonyl (C=O) groups is 2. The number of ether oxygens (including phenoxy) is 5. The van der Waals surface area contributed by atoms with Crippen molar-refractivity contribution >= 4 is 11.9 Å². The van der Waals surface area contributed by atoms with E-state index in [9.17, 15) is 9.59 Å². The van der Waals surface area contributed by atoms with Crippen molar-refractivity contribution in [1.82, 2.24) is 0 Å². The zero-order valence-electron chi connectivity index (χ0n) is 16.9. The Morgan fingerprint density at radius 1 is 0.967 bits per heavy atom. The lowest BCUT2D eigenvalue weighted by Gasteiger charge is -2.26. The summed E-state index contributed by atoms with van der Waals surface area (Å²) in [6.45, 7) is 3.50. The average Bonchev–Trinajstić information content (AvgIpc) is 3.25. The maximum atomic E-state index is 12.6. The Morgan fingerprint density at radius 3 is 2.17 bits per heavy atom. The molecule has 0 N–H and O–H groups in total. The summed E-state index contributed by atoms with van der Waals surface area (Å²) in [5, 5.41) is 0. The monoisotopic (exact) mass is 412 g/mol. The van der Waals surface area contributed by atoms with E-state index in [0.29, 0.717) is 17.5 Å². The first-order valence-electron chi connectivity index (χ1n) is 9.90. The molecule has 30 heavy (non-hydrogen) atoms. The SMILES string of the molecule is CC1(C)O[C@H]2O[C@H]([C@@H](COC(=O)c3ccccc3)OC(=O)c3ccccc3)C[C@H]2O1. The lowest BCUT2D eigenvalue weighted by Crippen LogP contribution is -2.38. The predicted molar refractivity (Wildman–Crippen MR) is 106 cm³/mol. The minimum absolute atomic E-state index is 0.139. The number of benzene rings is 2. The first-order chi connectivity index (χ1) is 14.4. The molecule has 0 amide bonds. The number of esters is 2. The van der Waals surface area contributed by atoms with Gasteiger partial charge in [0.25, 0.3) is 0 Å². The summed E-state index contributed by atoms with van der Waals surface area (Å²) in [4.78, 5) is 24.9. The molecule has 2 aliphatic rings. The summed E-state index contributed by atoms with van der Waals surface area (Å²) in [6.07, 6.45) is -1.68. The van der Waals surface area contributed by atoms with E-state index in [4.69, 9.17) is 23.7 Å². The van der Waals surface area contributed by atoms with E-state index in [-0.39, 0.29) is 12.7 Å². The molecule has 2 aromatic carbocycles. The second kappa shape index (κ2) is 8.55. The Labute approximate surface area is 174 Å². The van der Waals surface area contributed by atoms with E-state index in [1.54, 1.807) is 48.5 Å². The fourth-order valence-corrected chi connectivity index (χ4v) is 3.59. The van der Waals surface area contributed by atoms with Crippen LogP contribution in [0.2, 0.25) is 0 Å². The van der Waals surface area contributed by atoms with Gasteiger partial charge in [-0.1, -0.05) is 36.4 Å². The number of rotatable bonds is 6. The van der Waals surface area contributed by atoms with Crippen LogP contribution in [0.5, 0.6) is 0 Å². The fraction of sp³-hybridized carbons (Fsp3) is 0.391. The van der Waals surface area contributed by atoms with Crippen molar-refractivity contribution in [3.63, 3.8) is 0 Å². The normalized spacial score (nSPS) is 25.3. The van der Waals surface area contributed by atoms with Crippen molar-refractivity contribution in [2.24, 2.45) is 0 Å². The van der Waals surface area contributed by atoms with Crippen LogP contribution in [0.25, 0.3) is 0 Å². The molecule has 0 radical (unpaired) electrons. The van der Waals surface area contributed by atoms with Crippen LogP contribution in [0, 0.1) is 0 Å². The summed E-state index contributed by atoms with van der Waals surface area (Å²) in [7, 11) is 0. The molecule has 2 aromatic rings. The molecule has 2 fully saturated rings. The number of fused-ring (bicyclic) bond motifs is 1. The quantitative estimate of drug-likeness (QED) is 0.673. The minimum atomic E-state index is -0.800. The molecular weight excluding hydrogens is 388 g/mol. The van der Waals surface area contributed by atoms with Crippen LogP contribution in [0.3, 0.4) is 0 Å². The van der Waals surface area contributed by atoms with Gasteiger partial charge in [0.2, 0.25) is 0 Å². The van der Waals surface area contributed by atoms with Gasteiger partial charge in [-0.25, -0.2) is 9.59 Å². The summed E-state index contributed by atoms with van der Waals surface area (Å²) in [5.74, 6) is -1.74. The summed E-state index contributed by atoms with van der Waals surface area (Å²) in [5.41, 5.74) is 0.826. The highest BCUT2D eigenvalue weighted by molar-refractivity contribution is 5.90. The smallest absolute Gasteiger partial charge is 0.338 e. The van der Waals surface area contributed by atoms with Crippen LogP contribution in [0.4, 0.5) is 0 Å². The van der Waals surface area contributed by atoms with E-state index in [1.165, 1.54) is 0 Å². The van der Waals surface area contributed by atoms with E-state index in [0.717, 1.165) is 0 Å². The van der Waals surface area contributed by atoms with Crippen LogP contribution in [0.15, 0.2) is 60.7 Å². The summed E-state index contributed by atoms with van der Waals surface area (Å²) in [6, 6.07) is 17.3. The Hall–Kier alpha value is -2.74. The van der Waals surface area contributed by atoms with Crippen LogP contribution in [-0.2, 0) is 23.7 Å². The topological polar surface area (TPSA) is 80.3 Å². The summed E-state index contributed by atoms with van der Waals surface area (Å²) >= 11 is 0. The Morgan fingerprint density at radius 2 is 1.57 bits per heavy atom. The number of carbonyl (C=O) groups excluding carboxylic acids is 2. The van der Waals surface area contributed by atoms with E-state index in [2.05, 4.69) is 0 Å². The fourth-order valence-electron chi connectivity index (χ4n) is 3.59. The molecular formula is C23H24O7. The van der Waals surface area contributed by atoms with Crippen molar-refractivity contribution in [2.45, 2.75) is 50.7 Å². The Bertz CT molecular complexity index is 865. The maximum absolute atomic E-state index is 12.6. The molecule has 4 rings (SSSR count).